The van der Waals surface area contributed by atoms with E-state index in [1.807, 2.05) is 34.6 Å². The van der Waals surface area contributed by atoms with E-state index >= 15 is 0 Å². The molecule has 0 aliphatic carbocycles. The van der Waals surface area contributed by atoms with Gasteiger partial charge in [0, 0.05) is 0 Å². The number of hydrogen-bond acceptors (Lipinski definition) is 3. The summed E-state index contributed by atoms with van der Waals surface area (Å²) in [6.45, 7) is 9.58. The molecule has 0 aromatic heterocycles. The minimum atomic E-state index is -0.487. The Morgan fingerprint density at radius 3 is 2.07 bits per heavy atom. The van der Waals surface area contributed by atoms with Gasteiger partial charge in [-0.3, -0.25) is 4.79 Å². The Morgan fingerprint density at radius 2 is 1.79 bits per heavy atom. The van der Waals surface area contributed by atoms with Crippen molar-refractivity contribution in [3.63, 3.8) is 0 Å². The van der Waals surface area contributed by atoms with E-state index in [4.69, 9.17) is 10.5 Å². The lowest BCUT2D eigenvalue weighted by molar-refractivity contribution is -0.156. The number of hydrogen-bond donors (Lipinski definition) is 1. The summed E-state index contributed by atoms with van der Waals surface area (Å²) >= 11 is 0. The van der Waals surface area contributed by atoms with Crippen LogP contribution in [0.15, 0.2) is 0 Å². The molecule has 0 bridgehead atoms. The summed E-state index contributed by atoms with van der Waals surface area (Å²) in [5, 5.41) is 0. The van der Waals surface area contributed by atoms with Gasteiger partial charge >= 0.3 is 5.97 Å². The first-order chi connectivity index (χ1) is 5.72. The molecule has 0 amide bonds. The van der Waals surface area contributed by atoms with Gasteiger partial charge in [0.25, 0.3) is 0 Å². The molecule has 1 unspecified atom stereocenters. The van der Waals surface area contributed by atoms with Gasteiger partial charge in [-0.2, -0.15) is 0 Å². The Morgan fingerprint density at radius 1 is 1.36 bits per heavy atom. The van der Waals surface area contributed by atoms with E-state index in [-0.39, 0.29) is 18.4 Å². The molecule has 0 radical (unpaired) electrons. The predicted molar refractivity (Wildman–Crippen MR) is 60.5 cm³/mol. The number of carbonyl (C=O) groups excluding carboxylic acids is 1. The SMILES string of the molecule is CC(C)CC(N)C(=O)OC(C)(C)C.Cl. The van der Waals surface area contributed by atoms with Crippen LogP contribution in [0.3, 0.4) is 0 Å². The molecule has 0 saturated carbocycles. The second-order valence-electron chi connectivity index (χ2n) is 4.77. The highest BCUT2D eigenvalue weighted by atomic mass is 35.5. The third-order valence-corrected chi connectivity index (χ3v) is 1.43. The molecule has 0 spiro atoms. The van der Waals surface area contributed by atoms with Crippen LogP contribution < -0.4 is 5.73 Å². The van der Waals surface area contributed by atoms with Gasteiger partial charge in [0.15, 0.2) is 0 Å². The van der Waals surface area contributed by atoms with Crippen LogP contribution in [0.2, 0.25) is 0 Å². The molecular weight excluding hydrogens is 202 g/mol. The maximum absolute atomic E-state index is 11.3. The van der Waals surface area contributed by atoms with Crippen molar-refractivity contribution in [1.29, 1.82) is 0 Å². The highest BCUT2D eigenvalue weighted by Crippen LogP contribution is 2.11. The zero-order chi connectivity index (χ0) is 10.6. The Hall–Kier alpha value is -0.280. The molecule has 0 rings (SSSR count). The fourth-order valence-electron chi connectivity index (χ4n) is 0.982. The first-order valence-corrected chi connectivity index (χ1v) is 4.71. The zero-order valence-corrected chi connectivity index (χ0v) is 10.5. The lowest BCUT2D eigenvalue weighted by Crippen LogP contribution is -2.38. The molecule has 0 aliphatic rings. The minimum Gasteiger partial charge on any atom is -0.459 e. The standard InChI is InChI=1S/C10H21NO2.ClH/c1-7(2)6-8(11)9(12)13-10(3,4)5;/h7-8H,6,11H2,1-5H3;1H. The monoisotopic (exact) mass is 223 g/mol. The topological polar surface area (TPSA) is 52.3 Å². The fraction of sp³-hybridized carbons (Fsp3) is 0.900. The summed E-state index contributed by atoms with van der Waals surface area (Å²) in [6, 6.07) is -0.487. The van der Waals surface area contributed by atoms with E-state index in [1.54, 1.807) is 0 Å². The van der Waals surface area contributed by atoms with Crippen molar-refractivity contribution in [1.82, 2.24) is 0 Å². The molecule has 1 atom stereocenters. The van der Waals surface area contributed by atoms with Gasteiger partial charge in [-0.15, -0.1) is 12.4 Å². The molecule has 4 heteroatoms. The van der Waals surface area contributed by atoms with Gasteiger partial charge in [-0.25, -0.2) is 0 Å². The third-order valence-electron chi connectivity index (χ3n) is 1.43. The molecule has 0 aromatic carbocycles. The van der Waals surface area contributed by atoms with E-state index in [9.17, 15) is 4.79 Å². The molecule has 2 N–H and O–H groups in total. The van der Waals surface area contributed by atoms with Gasteiger partial charge in [-0.05, 0) is 33.1 Å². The van der Waals surface area contributed by atoms with E-state index in [0.717, 1.165) is 0 Å². The summed E-state index contributed by atoms with van der Waals surface area (Å²) in [5.74, 6) is 0.115. The Bertz CT molecular complexity index is 175. The van der Waals surface area contributed by atoms with Crippen molar-refractivity contribution in [3.05, 3.63) is 0 Å². The van der Waals surface area contributed by atoms with Crippen molar-refractivity contribution in [2.45, 2.75) is 52.7 Å². The van der Waals surface area contributed by atoms with Gasteiger partial charge in [0.1, 0.15) is 11.6 Å². The number of esters is 1. The molecule has 0 saturated heterocycles. The van der Waals surface area contributed by atoms with Crippen LogP contribution in [-0.2, 0) is 9.53 Å². The normalized spacial score (nSPS) is 13.4. The lowest BCUT2D eigenvalue weighted by atomic mass is 10.0. The third kappa shape index (κ3) is 8.32. The summed E-state index contributed by atoms with van der Waals surface area (Å²) in [7, 11) is 0. The van der Waals surface area contributed by atoms with Crippen molar-refractivity contribution >= 4 is 18.4 Å². The summed E-state index contributed by atoms with van der Waals surface area (Å²) in [4.78, 5) is 11.3. The predicted octanol–water partition coefficient (Wildman–Crippen LogP) is 2.12. The van der Waals surface area contributed by atoms with E-state index in [0.29, 0.717) is 12.3 Å². The highest BCUT2D eigenvalue weighted by Gasteiger charge is 2.22. The Labute approximate surface area is 92.8 Å². The Kier molecular flexibility index (Phi) is 7.21. The minimum absolute atomic E-state index is 0. The average Bonchev–Trinajstić information content (AvgIpc) is 1.81. The van der Waals surface area contributed by atoms with Crippen molar-refractivity contribution in [2.75, 3.05) is 0 Å². The molecule has 0 heterocycles. The molecule has 14 heavy (non-hydrogen) atoms. The van der Waals surface area contributed by atoms with Gasteiger partial charge in [-0.1, -0.05) is 13.8 Å². The van der Waals surface area contributed by atoms with Gasteiger partial charge in [0.2, 0.25) is 0 Å². The molecule has 0 fully saturated rings. The Balaban J connectivity index is 0. The summed E-state index contributed by atoms with van der Waals surface area (Å²) in [5.41, 5.74) is 5.21. The van der Waals surface area contributed by atoms with Gasteiger partial charge < -0.3 is 10.5 Å². The number of carbonyl (C=O) groups is 1. The van der Waals surface area contributed by atoms with Crippen molar-refractivity contribution in [2.24, 2.45) is 11.7 Å². The zero-order valence-electron chi connectivity index (χ0n) is 9.66. The summed E-state index contributed by atoms with van der Waals surface area (Å²) in [6.07, 6.45) is 0.676. The maximum atomic E-state index is 11.3. The molecular formula is C10H22ClNO2. The molecule has 0 aromatic rings. The summed E-state index contributed by atoms with van der Waals surface area (Å²) < 4.78 is 5.14. The smallest absolute Gasteiger partial charge is 0.323 e. The van der Waals surface area contributed by atoms with Crippen LogP contribution in [0.5, 0.6) is 0 Å². The van der Waals surface area contributed by atoms with Crippen molar-refractivity contribution < 1.29 is 9.53 Å². The van der Waals surface area contributed by atoms with Crippen LogP contribution in [0.1, 0.15) is 41.0 Å². The first kappa shape index (κ1) is 16.2. The average molecular weight is 224 g/mol. The number of nitrogens with two attached hydrogens (primary N) is 1. The van der Waals surface area contributed by atoms with E-state index < -0.39 is 11.6 Å². The molecule has 3 nitrogen and oxygen atoms in total. The maximum Gasteiger partial charge on any atom is 0.323 e. The second-order valence-corrected chi connectivity index (χ2v) is 4.77. The van der Waals surface area contributed by atoms with Crippen LogP contribution in [0.4, 0.5) is 0 Å². The highest BCUT2D eigenvalue weighted by molar-refractivity contribution is 5.85. The second kappa shape index (κ2) is 6.25. The van der Waals surface area contributed by atoms with E-state index in [1.165, 1.54) is 0 Å². The fourth-order valence-corrected chi connectivity index (χ4v) is 0.982. The largest absolute Gasteiger partial charge is 0.459 e. The lowest BCUT2D eigenvalue weighted by Gasteiger charge is -2.22. The van der Waals surface area contributed by atoms with Crippen LogP contribution in [0, 0.1) is 5.92 Å². The van der Waals surface area contributed by atoms with Crippen molar-refractivity contribution in [3.8, 4) is 0 Å². The first-order valence-electron chi connectivity index (χ1n) is 4.71. The molecule has 86 valence electrons. The number of halogens is 1. The van der Waals surface area contributed by atoms with Crippen LogP contribution >= 0.6 is 12.4 Å². The van der Waals surface area contributed by atoms with Crippen LogP contribution in [0.25, 0.3) is 0 Å². The van der Waals surface area contributed by atoms with Gasteiger partial charge in [0.05, 0.1) is 0 Å². The molecule has 0 aliphatic heterocycles. The number of rotatable bonds is 3. The quantitative estimate of drug-likeness (QED) is 0.746. The number of ether oxygens (including phenoxy) is 1. The van der Waals surface area contributed by atoms with E-state index in [2.05, 4.69) is 0 Å². The van der Waals surface area contributed by atoms with Crippen LogP contribution in [-0.4, -0.2) is 17.6 Å².